The van der Waals surface area contributed by atoms with Gasteiger partial charge in [-0.2, -0.15) is 5.26 Å². The number of esters is 1. The van der Waals surface area contributed by atoms with Gasteiger partial charge in [0.05, 0.1) is 0 Å². The number of rotatable bonds is 5. The fourth-order valence-corrected chi connectivity index (χ4v) is 3.66. The maximum atomic E-state index is 12.4. The predicted octanol–water partition coefficient (Wildman–Crippen LogP) is 1.92. The number of nitrogens with zero attached hydrogens (tertiary/aromatic N) is 2. The molecule has 2 heterocycles. The third-order valence-electron chi connectivity index (χ3n) is 5.34. The smallest absolute Gasteiger partial charge is 0.306 e. The van der Waals surface area contributed by atoms with Gasteiger partial charge in [0.1, 0.15) is 11.6 Å². The summed E-state index contributed by atoms with van der Waals surface area (Å²) >= 11 is 0. The number of nitriles is 1. The molecule has 1 aliphatic rings. The normalized spacial score (nSPS) is 12.8. The predicted molar refractivity (Wildman–Crippen MR) is 106 cm³/mol. The van der Waals surface area contributed by atoms with E-state index in [4.69, 9.17) is 10.00 Å². The zero-order valence-corrected chi connectivity index (χ0v) is 16.6. The fourth-order valence-electron chi connectivity index (χ4n) is 3.66. The molecule has 0 aliphatic carbocycles. The summed E-state index contributed by atoms with van der Waals surface area (Å²) in [6, 6.07) is 9.90. The minimum atomic E-state index is -0.487. The van der Waals surface area contributed by atoms with Crippen LogP contribution in [0.25, 0.3) is 0 Å². The second-order valence-electron chi connectivity index (χ2n) is 7.16. The summed E-state index contributed by atoms with van der Waals surface area (Å²) in [5.41, 5.74) is 3.94. The summed E-state index contributed by atoms with van der Waals surface area (Å²) in [6.45, 7) is 4.28. The standard InChI is InChI=1S/C22H23N3O4/c1-14-18(15(2)24-22(28)19(14)11-23)7-8-21(27)29-13-20(26)25-10-9-16-5-3-4-6-17(16)12-25/h3-6H,7-10,12-13H2,1-2H3,(H,24,28). The highest BCUT2D eigenvalue weighted by Gasteiger charge is 2.21. The second-order valence-corrected chi connectivity index (χ2v) is 7.16. The molecule has 1 aromatic carbocycles. The summed E-state index contributed by atoms with van der Waals surface area (Å²) in [7, 11) is 0. The molecule has 2 aromatic rings. The van der Waals surface area contributed by atoms with Crippen LogP contribution in [0.4, 0.5) is 0 Å². The van der Waals surface area contributed by atoms with Crippen molar-refractivity contribution >= 4 is 11.9 Å². The van der Waals surface area contributed by atoms with Gasteiger partial charge in [0.2, 0.25) is 0 Å². The summed E-state index contributed by atoms with van der Waals surface area (Å²) < 4.78 is 5.16. The number of fused-ring (bicyclic) bond motifs is 1. The molecule has 0 fully saturated rings. The molecular weight excluding hydrogens is 370 g/mol. The first-order valence-electron chi connectivity index (χ1n) is 9.53. The molecule has 1 N–H and O–H groups in total. The van der Waals surface area contributed by atoms with Crippen molar-refractivity contribution in [2.24, 2.45) is 0 Å². The molecule has 7 nitrogen and oxygen atoms in total. The van der Waals surface area contributed by atoms with Crippen LogP contribution in [0.3, 0.4) is 0 Å². The van der Waals surface area contributed by atoms with Crippen molar-refractivity contribution in [3.63, 3.8) is 0 Å². The van der Waals surface area contributed by atoms with Crippen molar-refractivity contribution < 1.29 is 14.3 Å². The third-order valence-corrected chi connectivity index (χ3v) is 5.34. The number of ether oxygens (including phenoxy) is 1. The number of pyridine rings is 1. The number of amides is 1. The Hall–Kier alpha value is -3.40. The van der Waals surface area contributed by atoms with Gasteiger partial charge in [0, 0.05) is 25.2 Å². The van der Waals surface area contributed by atoms with Gasteiger partial charge < -0.3 is 14.6 Å². The largest absolute Gasteiger partial charge is 0.456 e. The molecule has 0 radical (unpaired) electrons. The number of aromatic amines is 1. The van der Waals surface area contributed by atoms with Crippen molar-refractivity contribution in [3.8, 4) is 6.07 Å². The zero-order chi connectivity index (χ0) is 21.0. The number of hydrogen-bond acceptors (Lipinski definition) is 5. The Bertz CT molecular complexity index is 1050. The van der Waals surface area contributed by atoms with Gasteiger partial charge in [-0.1, -0.05) is 24.3 Å². The molecule has 3 rings (SSSR count). The van der Waals surface area contributed by atoms with Crippen molar-refractivity contribution in [3.05, 3.63) is 68.1 Å². The molecule has 1 amide bonds. The Labute approximate surface area is 168 Å². The van der Waals surface area contributed by atoms with Crippen LogP contribution in [-0.2, 0) is 33.7 Å². The number of aryl methyl sites for hydroxylation is 1. The van der Waals surface area contributed by atoms with Crippen molar-refractivity contribution in [2.75, 3.05) is 13.2 Å². The van der Waals surface area contributed by atoms with E-state index >= 15 is 0 Å². The minimum absolute atomic E-state index is 0.0551. The molecule has 0 spiro atoms. The number of aromatic nitrogens is 1. The highest BCUT2D eigenvalue weighted by Crippen LogP contribution is 2.19. The number of carbonyl (C=O) groups is 2. The number of nitrogens with one attached hydrogen (secondary N) is 1. The van der Waals surface area contributed by atoms with Gasteiger partial charge >= 0.3 is 5.97 Å². The topological polar surface area (TPSA) is 103 Å². The highest BCUT2D eigenvalue weighted by molar-refractivity contribution is 5.81. The summed E-state index contributed by atoms with van der Waals surface area (Å²) in [5, 5.41) is 9.12. The monoisotopic (exact) mass is 393 g/mol. The fraction of sp³-hybridized carbons (Fsp3) is 0.364. The molecule has 150 valence electrons. The highest BCUT2D eigenvalue weighted by atomic mass is 16.5. The molecule has 1 aliphatic heterocycles. The molecule has 0 saturated heterocycles. The molecule has 0 bridgehead atoms. The molecule has 0 atom stereocenters. The molecule has 0 saturated carbocycles. The van der Waals surface area contributed by atoms with Crippen LogP contribution in [0.5, 0.6) is 0 Å². The van der Waals surface area contributed by atoms with Crippen molar-refractivity contribution in [1.82, 2.24) is 9.88 Å². The van der Waals surface area contributed by atoms with E-state index in [1.54, 1.807) is 18.7 Å². The maximum Gasteiger partial charge on any atom is 0.306 e. The van der Waals surface area contributed by atoms with E-state index in [0.717, 1.165) is 17.5 Å². The van der Waals surface area contributed by atoms with Crippen LogP contribution in [-0.4, -0.2) is 34.9 Å². The third kappa shape index (κ3) is 4.54. The Morgan fingerprint density at radius 1 is 1.24 bits per heavy atom. The van der Waals surface area contributed by atoms with Gasteiger partial charge in [-0.05, 0) is 48.9 Å². The number of H-pyrrole nitrogens is 1. The maximum absolute atomic E-state index is 12.4. The van der Waals surface area contributed by atoms with E-state index < -0.39 is 11.5 Å². The first kappa shape index (κ1) is 20.3. The van der Waals surface area contributed by atoms with Crippen LogP contribution < -0.4 is 5.56 Å². The van der Waals surface area contributed by atoms with E-state index in [0.29, 0.717) is 30.8 Å². The van der Waals surface area contributed by atoms with Gasteiger partial charge in [-0.25, -0.2) is 0 Å². The number of benzene rings is 1. The van der Waals surface area contributed by atoms with E-state index in [-0.39, 0.29) is 24.5 Å². The summed E-state index contributed by atoms with van der Waals surface area (Å²) in [5.74, 6) is -0.699. The van der Waals surface area contributed by atoms with Crippen LogP contribution in [0.15, 0.2) is 29.1 Å². The molecule has 1 aromatic heterocycles. The van der Waals surface area contributed by atoms with Gasteiger partial charge in [0.15, 0.2) is 6.61 Å². The summed E-state index contributed by atoms with van der Waals surface area (Å²) in [6.07, 6.45) is 1.18. The Kier molecular flexibility index (Phi) is 6.13. The Morgan fingerprint density at radius 3 is 2.69 bits per heavy atom. The Morgan fingerprint density at radius 2 is 1.97 bits per heavy atom. The molecule has 7 heteroatoms. The quantitative estimate of drug-likeness (QED) is 0.782. The van der Waals surface area contributed by atoms with E-state index in [1.165, 1.54) is 5.56 Å². The first-order chi connectivity index (χ1) is 13.9. The average molecular weight is 393 g/mol. The lowest BCUT2D eigenvalue weighted by molar-refractivity contribution is -0.152. The summed E-state index contributed by atoms with van der Waals surface area (Å²) in [4.78, 5) is 40.6. The SMILES string of the molecule is Cc1[nH]c(=O)c(C#N)c(C)c1CCC(=O)OCC(=O)N1CCc2ccccc2C1. The number of hydrogen-bond donors (Lipinski definition) is 1. The average Bonchev–Trinajstić information content (AvgIpc) is 2.71. The lowest BCUT2D eigenvalue weighted by Gasteiger charge is -2.28. The van der Waals surface area contributed by atoms with Crippen LogP contribution in [0, 0.1) is 25.2 Å². The Balaban J connectivity index is 1.53. The van der Waals surface area contributed by atoms with Crippen LogP contribution >= 0.6 is 0 Å². The van der Waals surface area contributed by atoms with Gasteiger partial charge in [-0.3, -0.25) is 14.4 Å². The molecule has 0 unspecified atom stereocenters. The lowest BCUT2D eigenvalue weighted by atomic mass is 9.99. The van der Waals surface area contributed by atoms with E-state index in [1.807, 2.05) is 24.3 Å². The van der Waals surface area contributed by atoms with Crippen LogP contribution in [0.2, 0.25) is 0 Å². The molecule has 29 heavy (non-hydrogen) atoms. The van der Waals surface area contributed by atoms with E-state index in [2.05, 4.69) is 11.1 Å². The zero-order valence-electron chi connectivity index (χ0n) is 16.6. The van der Waals surface area contributed by atoms with E-state index in [9.17, 15) is 14.4 Å². The van der Waals surface area contributed by atoms with Crippen molar-refractivity contribution in [2.45, 2.75) is 39.7 Å². The minimum Gasteiger partial charge on any atom is -0.456 e. The lowest BCUT2D eigenvalue weighted by Crippen LogP contribution is -2.38. The van der Waals surface area contributed by atoms with Crippen LogP contribution in [0.1, 0.15) is 39.9 Å². The molecular formula is C22H23N3O4. The number of carbonyl (C=O) groups excluding carboxylic acids is 2. The van der Waals surface area contributed by atoms with Gasteiger partial charge in [0.25, 0.3) is 11.5 Å². The first-order valence-corrected chi connectivity index (χ1v) is 9.53. The van der Waals surface area contributed by atoms with Gasteiger partial charge in [-0.15, -0.1) is 0 Å². The second kappa shape index (κ2) is 8.74. The van der Waals surface area contributed by atoms with Crippen molar-refractivity contribution in [1.29, 1.82) is 5.26 Å².